The molecule has 0 aliphatic heterocycles. The third-order valence-corrected chi connectivity index (χ3v) is 9.32. The van der Waals surface area contributed by atoms with Crippen LogP contribution in [0.1, 0.15) is 115 Å². The van der Waals surface area contributed by atoms with Gasteiger partial charge in [-0.3, -0.25) is 0 Å². The maximum Gasteiger partial charge on any atom is 0.407 e. The molecule has 0 radical (unpaired) electrons. The van der Waals surface area contributed by atoms with Crippen LogP contribution >= 0.6 is 0 Å². The largest absolute Gasteiger partial charge is 0.459 e. The Bertz CT molecular complexity index is 1820. The number of hydrogen-bond donors (Lipinski definition) is 2. The second kappa shape index (κ2) is 29.6. The van der Waals surface area contributed by atoms with Crippen LogP contribution in [0.3, 0.4) is 0 Å². The molecule has 2 aliphatic carbocycles. The number of benzene rings is 2. The fraction of sp³-hybridized carbons (Fsp3) is 0.489. The van der Waals surface area contributed by atoms with Gasteiger partial charge in [-0.15, -0.1) is 0 Å². The van der Waals surface area contributed by atoms with Crippen molar-refractivity contribution in [3.05, 3.63) is 95.1 Å². The summed E-state index contributed by atoms with van der Waals surface area (Å²) < 4.78 is 39.9. The van der Waals surface area contributed by atoms with Crippen molar-refractivity contribution in [2.75, 3.05) is 52.7 Å². The first-order valence-electron chi connectivity index (χ1n) is 21.4. The number of alkyl carbamates (subject to hydrolysis) is 2. The lowest BCUT2D eigenvalue weighted by atomic mass is 10.0. The summed E-state index contributed by atoms with van der Waals surface area (Å²) in [5.74, 6) is -1.90. The lowest BCUT2D eigenvalue weighted by Crippen LogP contribution is -2.30. The van der Waals surface area contributed by atoms with E-state index in [2.05, 4.69) is 23.8 Å². The predicted octanol–water partition coefficient (Wildman–Crippen LogP) is 6.70. The molecule has 2 amide bonds. The average Bonchev–Trinajstić information content (AvgIpc) is 3.95. The number of amides is 2. The Morgan fingerprint density at radius 1 is 0.523 bits per heavy atom. The summed E-state index contributed by atoms with van der Waals surface area (Å²) in [6, 6.07) is 11.9. The zero-order valence-corrected chi connectivity index (χ0v) is 38.1. The first-order chi connectivity index (χ1) is 31.0. The van der Waals surface area contributed by atoms with Gasteiger partial charge in [-0.2, -0.15) is 0 Å². The van der Waals surface area contributed by atoms with Gasteiger partial charge in [-0.1, -0.05) is 63.1 Å². The molecule has 18 heteroatoms. The monoisotopic (exact) mass is 910 g/mol. The summed E-state index contributed by atoms with van der Waals surface area (Å²) in [5.41, 5.74) is 0.468. The average molecular weight is 911 g/mol. The van der Waals surface area contributed by atoms with Crippen molar-refractivity contribution >= 4 is 48.0 Å². The molecule has 0 aromatic heterocycles. The third kappa shape index (κ3) is 21.0. The van der Waals surface area contributed by atoms with E-state index in [1.165, 1.54) is 49.9 Å². The number of ether oxygens (including phenoxy) is 8. The molecule has 4 rings (SSSR count). The number of carbonyl (C=O) groups is 8. The van der Waals surface area contributed by atoms with E-state index in [1.54, 1.807) is 84.1 Å². The molecule has 0 heterocycles. The minimum atomic E-state index is -0.768. The molecule has 2 aromatic rings. The highest BCUT2D eigenvalue weighted by molar-refractivity contribution is 6.04. The second-order valence-corrected chi connectivity index (χ2v) is 15.0. The third-order valence-electron chi connectivity index (χ3n) is 9.32. The first-order valence-corrected chi connectivity index (χ1v) is 21.4. The van der Waals surface area contributed by atoms with Gasteiger partial charge in [0.05, 0.1) is 22.3 Å². The summed E-state index contributed by atoms with van der Waals surface area (Å²) in [6.45, 7) is 16.3. The minimum absolute atomic E-state index is 0.000949. The van der Waals surface area contributed by atoms with E-state index in [9.17, 15) is 38.4 Å². The van der Waals surface area contributed by atoms with Gasteiger partial charge in [0.15, 0.2) is 0 Å². The molecule has 356 valence electrons. The van der Waals surface area contributed by atoms with Crippen LogP contribution in [0.4, 0.5) is 9.59 Å². The second-order valence-electron chi connectivity index (χ2n) is 15.0. The number of fused-ring (bicyclic) bond motifs is 2. The van der Waals surface area contributed by atoms with Crippen LogP contribution in [-0.2, 0) is 47.5 Å². The number of esters is 6. The van der Waals surface area contributed by atoms with Crippen molar-refractivity contribution in [2.24, 2.45) is 11.8 Å². The molecule has 2 atom stereocenters. The van der Waals surface area contributed by atoms with E-state index in [4.69, 9.17) is 37.9 Å². The molecule has 2 N–H and O–H groups in total. The molecule has 2 bridgehead atoms. The summed E-state index contributed by atoms with van der Waals surface area (Å²) in [6.07, 6.45) is 5.24. The summed E-state index contributed by atoms with van der Waals surface area (Å²) in [5, 5.41) is 4.92. The molecule has 2 unspecified atom stereocenters. The normalized spacial score (nSPS) is 15.0. The van der Waals surface area contributed by atoms with E-state index in [0.717, 1.165) is 0 Å². The molecular formula is C47H62N2O16. The molecule has 2 aromatic carbocycles. The quantitative estimate of drug-likeness (QED) is 0.0608. The van der Waals surface area contributed by atoms with Crippen LogP contribution in [0.25, 0.3) is 0 Å². The highest BCUT2D eigenvalue weighted by Gasteiger charge is 2.30. The van der Waals surface area contributed by atoms with E-state index in [1.807, 2.05) is 0 Å². The summed E-state index contributed by atoms with van der Waals surface area (Å²) >= 11 is 0. The first kappa shape index (κ1) is 54.4. The fourth-order valence-electron chi connectivity index (χ4n) is 6.14. The molecule has 0 spiro atoms. The summed E-state index contributed by atoms with van der Waals surface area (Å²) in [7, 11) is 0. The maximum atomic E-state index is 12.3. The van der Waals surface area contributed by atoms with Gasteiger partial charge in [0, 0.05) is 24.2 Å². The number of carbonyl (C=O) groups excluding carboxylic acids is 8. The lowest BCUT2D eigenvalue weighted by Gasteiger charge is -2.14. The van der Waals surface area contributed by atoms with Gasteiger partial charge in [0.25, 0.3) is 0 Å². The highest BCUT2D eigenvalue weighted by atomic mass is 16.6. The van der Waals surface area contributed by atoms with Gasteiger partial charge in [-0.25, -0.2) is 38.4 Å². The molecule has 2 fully saturated rings. The number of rotatable bonds is 20. The molecule has 18 nitrogen and oxygen atoms in total. The Morgan fingerprint density at radius 3 is 1.08 bits per heavy atom. The van der Waals surface area contributed by atoms with Gasteiger partial charge >= 0.3 is 48.0 Å². The SMILES string of the molecule is C1CC2CCC1C2.C=C(C)C(=O)OCCOC(=O)c1ccccc1C(=O)OCC(C)OC(=O)NCC.C=C(C)C(=O)OCCOC(=O)c1ccccc1C(=O)OCC(C)OC(=O)NCC. The van der Waals surface area contributed by atoms with Crippen molar-refractivity contribution in [1.29, 1.82) is 0 Å². The van der Waals surface area contributed by atoms with Crippen LogP contribution < -0.4 is 10.6 Å². The summed E-state index contributed by atoms with van der Waals surface area (Å²) in [4.78, 5) is 94.3. The van der Waals surface area contributed by atoms with Gasteiger partial charge in [0.1, 0.15) is 51.8 Å². The minimum Gasteiger partial charge on any atom is -0.459 e. The highest BCUT2D eigenvalue weighted by Crippen LogP contribution is 2.43. The van der Waals surface area contributed by atoms with Gasteiger partial charge in [-0.05, 0) is 84.1 Å². The van der Waals surface area contributed by atoms with E-state index in [0.29, 0.717) is 13.1 Å². The molecular weight excluding hydrogens is 849 g/mol. The Labute approximate surface area is 379 Å². The lowest BCUT2D eigenvalue weighted by molar-refractivity contribution is -0.140. The zero-order chi connectivity index (χ0) is 48.3. The fourth-order valence-corrected chi connectivity index (χ4v) is 6.14. The van der Waals surface area contributed by atoms with Crippen LogP contribution in [0.2, 0.25) is 0 Å². The molecule has 65 heavy (non-hydrogen) atoms. The smallest absolute Gasteiger partial charge is 0.407 e. The van der Waals surface area contributed by atoms with Crippen molar-refractivity contribution in [3.63, 3.8) is 0 Å². The Kier molecular flexibility index (Phi) is 24.8. The van der Waals surface area contributed by atoms with Crippen LogP contribution in [-0.4, -0.2) is 113 Å². The van der Waals surface area contributed by atoms with Gasteiger partial charge < -0.3 is 48.5 Å². The number of hydrogen-bond acceptors (Lipinski definition) is 16. The van der Waals surface area contributed by atoms with Crippen molar-refractivity contribution < 1.29 is 76.3 Å². The maximum absolute atomic E-state index is 12.3. The standard InChI is InChI=1S/2C20H25NO8.C7H12/c2*1-5-21-20(25)29-14(4)12-28-19(24)16-9-7-6-8-15(16)18(23)27-11-10-26-17(22)13(2)3;1-2-7-4-3-6(1)5-7/h2*6-9,14H,2,5,10-12H2,1,3-4H3,(H,21,25);6-7H,1-5H2. The van der Waals surface area contributed by atoms with E-state index < -0.39 is 60.2 Å². The van der Waals surface area contributed by atoms with Crippen LogP contribution in [0.5, 0.6) is 0 Å². The molecule has 0 saturated heterocycles. The van der Waals surface area contributed by atoms with Crippen LogP contribution in [0.15, 0.2) is 72.8 Å². The van der Waals surface area contributed by atoms with E-state index in [-0.39, 0.29) is 73.0 Å². The molecule has 2 aliphatic rings. The zero-order valence-electron chi connectivity index (χ0n) is 38.1. The van der Waals surface area contributed by atoms with Crippen molar-refractivity contribution in [3.8, 4) is 0 Å². The topological polar surface area (TPSA) is 234 Å². The molecule has 2 saturated carbocycles. The van der Waals surface area contributed by atoms with Gasteiger partial charge in [0.2, 0.25) is 0 Å². The Balaban J connectivity index is 0.000000385. The van der Waals surface area contributed by atoms with Crippen molar-refractivity contribution in [2.45, 2.75) is 85.9 Å². The Hall–Kier alpha value is -6.72. The van der Waals surface area contributed by atoms with E-state index >= 15 is 0 Å². The number of nitrogens with one attached hydrogen (secondary N) is 2. The van der Waals surface area contributed by atoms with Crippen LogP contribution in [0, 0.1) is 11.8 Å². The Morgan fingerprint density at radius 2 is 0.815 bits per heavy atom. The predicted molar refractivity (Wildman–Crippen MR) is 235 cm³/mol. The van der Waals surface area contributed by atoms with Crippen molar-refractivity contribution in [1.82, 2.24) is 10.6 Å².